The van der Waals surface area contributed by atoms with Crippen molar-refractivity contribution < 1.29 is 9.90 Å². The van der Waals surface area contributed by atoms with Gasteiger partial charge in [0.1, 0.15) is 5.75 Å². The Morgan fingerprint density at radius 3 is 2.70 bits per heavy atom. The Balaban J connectivity index is 1.99. The van der Waals surface area contributed by atoms with Crippen LogP contribution in [0.1, 0.15) is 40.9 Å². The quantitative estimate of drug-likeness (QED) is 0.731. The summed E-state index contributed by atoms with van der Waals surface area (Å²) in [6.07, 6.45) is 0.653. The fourth-order valence-corrected chi connectivity index (χ4v) is 3.95. The lowest BCUT2D eigenvalue weighted by Gasteiger charge is -2.34. The molecule has 1 N–H and O–H groups in total. The molecule has 0 heterocycles. The van der Waals surface area contributed by atoms with E-state index < -0.39 is 5.41 Å². The van der Waals surface area contributed by atoms with Crippen molar-refractivity contribution >= 4 is 17.0 Å². The number of ketones is 1. The van der Waals surface area contributed by atoms with Gasteiger partial charge in [0.05, 0.1) is 6.57 Å². The molecule has 2 aromatic carbocycles. The van der Waals surface area contributed by atoms with E-state index in [1.807, 2.05) is 12.1 Å². The number of hydrogen-bond donors (Lipinski definition) is 1. The number of fused-ring (bicyclic) bond motifs is 3. The van der Waals surface area contributed by atoms with Crippen LogP contribution in [-0.4, -0.2) is 10.9 Å². The van der Waals surface area contributed by atoms with Crippen LogP contribution in [0, 0.1) is 6.57 Å². The van der Waals surface area contributed by atoms with E-state index in [1.54, 1.807) is 24.3 Å². The Morgan fingerprint density at radius 1 is 1.17 bits per heavy atom. The first kappa shape index (κ1) is 13.8. The van der Waals surface area contributed by atoms with Gasteiger partial charge in [0.2, 0.25) is 0 Å². The summed E-state index contributed by atoms with van der Waals surface area (Å²) in [5, 5.41) is 10.3. The highest BCUT2D eigenvalue weighted by molar-refractivity contribution is 6.33. The van der Waals surface area contributed by atoms with Gasteiger partial charge in [-0.15, -0.1) is 0 Å². The molecule has 3 nitrogen and oxygen atoms in total. The molecule has 0 atom stereocenters. The number of allylic oxidation sites excluding steroid dienone is 2. The van der Waals surface area contributed by atoms with E-state index in [1.165, 1.54) is 0 Å². The molecule has 112 valence electrons. The van der Waals surface area contributed by atoms with Crippen molar-refractivity contribution in [3.63, 3.8) is 0 Å². The van der Waals surface area contributed by atoms with E-state index >= 15 is 0 Å². The first-order valence-corrected chi connectivity index (χ1v) is 7.56. The van der Waals surface area contributed by atoms with Crippen LogP contribution in [0.4, 0.5) is 5.69 Å². The summed E-state index contributed by atoms with van der Waals surface area (Å²) < 4.78 is 0. The second-order valence-electron chi connectivity index (χ2n) is 6.64. The third-order valence-electron chi connectivity index (χ3n) is 5.05. The standard InChI is InChI=1S/C20H15NO2/c1-20(2)15-10-11-9-12(21-3)7-8-13(11)17(15)19(23)14-5-4-6-16(22)18(14)20/h4-9,22H,10H2,1-2H3. The van der Waals surface area contributed by atoms with Crippen LogP contribution in [0.25, 0.3) is 10.4 Å². The number of nitrogens with zero attached hydrogens (tertiary/aromatic N) is 1. The van der Waals surface area contributed by atoms with E-state index in [9.17, 15) is 9.90 Å². The SMILES string of the molecule is [C-]#[N+]c1ccc2c(c1)CC1=C2C(=O)c2cccc(O)c2C1(C)C. The van der Waals surface area contributed by atoms with Crippen molar-refractivity contribution in [1.82, 2.24) is 0 Å². The van der Waals surface area contributed by atoms with Crippen LogP contribution in [0.3, 0.4) is 0 Å². The van der Waals surface area contributed by atoms with Gasteiger partial charge in [-0.1, -0.05) is 44.2 Å². The molecular formula is C20H15NO2. The highest BCUT2D eigenvalue weighted by Gasteiger charge is 2.43. The zero-order chi connectivity index (χ0) is 16.4. The van der Waals surface area contributed by atoms with Gasteiger partial charge >= 0.3 is 0 Å². The second-order valence-corrected chi connectivity index (χ2v) is 6.64. The van der Waals surface area contributed by atoms with E-state index in [4.69, 9.17) is 6.57 Å². The van der Waals surface area contributed by atoms with Crippen molar-refractivity contribution in [2.45, 2.75) is 25.7 Å². The summed E-state index contributed by atoms with van der Waals surface area (Å²) in [6, 6.07) is 10.7. The normalized spacial score (nSPS) is 17.3. The number of phenolic OH excluding ortho intramolecular Hbond substituents is 1. The average Bonchev–Trinajstić information content (AvgIpc) is 2.92. The monoisotopic (exact) mass is 301 g/mol. The Bertz CT molecular complexity index is 958. The fourth-order valence-electron chi connectivity index (χ4n) is 3.95. The first-order chi connectivity index (χ1) is 10.9. The Kier molecular flexibility index (Phi) is 2.59. The Morgan fingerprint density at radius 2 is 1.96 bits per heavy atom. The van der Waals surface area contributed by atoms with Gasteiger partial charge in [0.25, 0.3) is 0 Å². The van der Waals surface area contributed by atoms with Gasteiger partial charge in [-0.25, -0.2) is 4.85 Å². The van der Waals surface area contributed by atoms with Gasteiger partial charge in [-0.05, 0) is 29.2 Å². The molecule has 0 aliphatic heterocycles. The number of rotatable bonds is 0. The number of carbonyl (C=O) groups excluding carboxylic acids is 1. The zero-order valence-electron chi connectivity index (χ0n) is 13.0. The number of benzene rings is 2. The third-order valence-corrected chi connectivity index (χ3v) is 5.05. The minimum Gasteiger partial charge on any atom is -0.508 e. The molecule has 2 aromatic rings. The molecule has 2 aliphatic rings. The highest BCUT2D eigenvalue weighted by Crippen LogP contribution is 2.52. The van der Waals surface area contributed by atoms with E-state index in [0.29, 0.717) is 23.2 Å². The lowest BCUT2D eigenvalue weighted by atomic mass is 9.68. The predicted octanol–water partition coefficient (Wildman–Crippen LogP) is 4.43. The van der Waals surface area contributed by atoms with Crippen molar-refractivity contribution in [2.24, 2.45) is 0 Å². The molecule has 4 rings (SSSR count). The van der Waals surface area contributed by atoms with Gasteiger partial charge in [-0.2, -0.15) is 0 Å². The van der Waals surface area contributed by atoms with Crippen molar-refractivity contribution in [3.8, 4) is 5.75 Å². The summed E-state index contributed by atoms with van der Waals surface area (Å²) in [5.74, 6) is 0.143. The first-order valence-electron chi connectivity index (χ1n) is 7.56. The van der Waals surface area contributed by atoms with Crippen LogP contribution in [-0.2, 0) is 11.8 Å². The maximum Gasteiger partial charge on any atom is 0.194 e. The molecule has 0 saturated heterocycles. The van der Waals surface area contributed by atoms with E-state index in [2.05, 4.69) is 18.7 Å². The lowest BCUT2D eigenvalue weighted by molar-refractivity contribution is 0.105. The topological polar surface area (TPSA) is 41.7 Å². The molecule has 0 unspecified atom stereocenters. The lowest BCUT2D eigenvalue weighted by Crippen LogP contribution is -2.29. The number of phenols is 1. The molecule has 0 amide bonds. The van der Waals surface area contributed by atoms with Crippen molar-refractivity contribution in [3.05, 3.63) is 75.6 Å². The molecule has 2 aliphatic carbocycles. The predicted molar refractivity (Wildman–Crippen MR) is 88.8 cm³/mol. The fraction of sp³-hybridized carbons (Fsp3) is 0.200. The zero-order valence-corrected chi connectivity index (χ0v) is 13.0. The van der Waals surface area contributed by atoms with Gasteiger partial charge in [0, 0.05) is 22.1 Å². The Labute approximate surface area is 134 Å². The largest absolute Gasteiger partial charge is 0.508 e. The molecule has 0 radical (unpaired) electrons. The summed E-state index contributed by atoms with van der Waals surface area (Å²) in [5.41, 5.74) is 5.21. The minimum absolute atomic E-state index is 0.0282. The van der Waals surface area contributed by atoms with Crippen LogP contribution in [0.15, 0.2) is 42.0 Å². The summed E-state index contributed by atoms with van der Waals surface area (Å²) in [7, 11) is 0. The molecule has 0 fully saturated rings. The van der Waals surface area contributed by atoms with Gasteiger partial charge in [0.15, 0.2) is 11.5 Å². The summed E-state index contributed by atoms with van der Waals surface area (Å²) in [4.78, 5) is 16.5. The van der Waals surface area contributed by atoms with Gasteiger partial charge < -0.3 is 5.11 Å². The Hall–Kier alpha value is -2.86. The summed E-state index contributed by atoms with van der Waals surface area (Å²) in [6.45, 7) is 11.3. The van der Waals surface area contributed by atoms with Crippen LogP contribution >= 0.6 is 0 Å². The molecule has 0 saturated carbocycles. The maximum absolute atomic E-state index is 13.0. The van der Waals surface area contributed by atoms with Crippen molar-refractivity contribution in [2.75, 3.05) is 0 Å². The summed E-state index contributed by atoms with van der Waals surface area (Å²) >= 11 is 0. The third kappa shape index (κ3) is 1.66. The van der Waals surface area contributed by atoms with Crippen LogP contribution < -0.4 is 0 Å². The average molecular weight is 301 g/mol. The molecule has 3 heteroatoms. The van der Waals surface area contributed by atoms with Crippen molar-refractivity contribution in [1.29, 1.82) is 0 Å². The van der Waals surface area contributed by atoms with Crippen LogP contribution in [0.2, 0.25) is 0 Å². The molecular weight excluding hydrogens is 286 g/mol. The number of aromatic hydroxyl groups is 1. The second kappa shape index (κ2) is 4.33. The van der Waals surface area contributed by atoms with E-state index in [-0.39, 0.29) is 11.5 Å². The smallest absolute Gasteiger partial charge is 0.194 e. The molecule has 0 spiro atoms. The molecule has 0 aromatic heterocycles. The number of hydrogen-bond acceptors (Lipinski definition) is 2. The number of Topliss-reactive ketones (excluding diaryl/α,β-unsaturated/α-hetero) is 1. The highest BCUT2D eigenvalue weighted by atomic mass is 16.3. The number of carbonyl (C=O) groups is 1. The van der Waals surface area contributed by atoms with Crippen LogP contribution in [0.5, 0.6) is 5.75 Å². The van der Waals surface area contributed by atoms with E-state index in [0.717, 1.165) is 22.3 Å². The molecule has 0 bridgehead atoms. The minimum atomic E-state index is -0.415. The van der Waals surface area contributed by atoms with Gasteiger partial charge in [-0.3, -0.25) is 4.79 Å². The molecule has 23 heavy (non-hydrogen) atoms. The maximum atomic E-state index is 13.0.